The van der Waals surface area contributed by atoms with Crippen LogP contribution in [-0.2, 0) is 14.3 Å². The van der Waals surface area contributed by atoms with E-state index in [1.165, 1.54) is 0 Å². The maximum Gasteiger partial charge on any atom is 0.313 e. The maximum atomic E-state index is 11.6. The van der Waals surface area contributed by atoms with Crippen LogP contribution < -0.4 is 10.6 Å². The van der Waals surface area contributed by atoms with Gasteiger partial charge in [-0.1, -0.05) is 23.7 Å². The molecule has 1 aromatic rings. The Morgan fingerprint density at radius 2 is 1.95 bits per heavy atom. The van der Waals surface area contributed by atoms with Gasteiger partial charge in [0, 0.05) is 13.2 Å². The second-order valence-electron chi connectivity index (χ2n) is 4.46. The van der Waals surface area contributed by atoms with E-state index < -0.39 is 11.8 Å². The molecule has 0 saturated heterocycles. The third-order valence-electron chi connectivity index (χ3n) is 2.39. The molecule has 110 valence electrons. The fourth-order valence-electron chi connectivity index (χ4n) is 1.42. The van der Waals surface area contributed by atoms with Gasteiger partial charge in [-0.2, -0.15) is 0 Å². The smallest absolute Gasteiger partial charge is 0.313 e. The van der Waals surface area contributed by atoms with Gasteiger partial charge in [-0.15, -0.1) is 0 Å². The number of para-hydroxylation sites is 1. The molecule has 0 aliphatic carbocycles. The molecule has 0 aliphatic heterocycles. The lowest BCUT2D eigenvalue weighted by atomic mass is 10.3. The lowest BCUT2D eigenvalue weighted by Gasteiger charge is -2.09. The van der Waals surface area contributed by atoms with Crippen LogP contribution in [0.3, 0.4) is 0 Å². The Morgan fingerprint density at radius 3 is 2.60 bits per heavy atom. The van der Waals surface area contributed by atoms with Crippen molar-refractivity contribution in [2.75, 3.05) is 18.5 Å². The van der Waals surface area contributed by atoms with E-state index in [9.17, 15) is 9.59 Å². The molecule has 0 radical (unpaired) electrons. The second kappa shape index (κ2) is 8.55. The van der Waals surface area contributed by atoms with E-state index in [0.29, 0.717) is 30.3 Å². The first kappa shape index (κ1) is 16.5. The van der Waals surface area contributed by atoms with Crippen molar-refractivity contribution < 1.29 is 14.3 Å². The highest BCUT2D eigenvalue weighted by Crippen LogP contribution is 2.19. The molecule has 0 atom stereocenters. The number of rotatable bonds is 6. The van der Waals surface area contributed by atoms with Gasteiger partial charge < -0.3 is 15.4 Å². The van der Waals surface area contributed by atoms with E-state index in [1.54, 1.807) is 24.3 Å². The van der Waals surface area contributed by atoms with Crippen molar-refractivity contribution in [2.45, 2.75) is 26.4 Å². The van der Waals surface area contributed by atoms with Gasteiger partial charge in [-0.3, -0.25) is 9.59 Å². The number of halogens is 1. The zero-order valence-electron chi connectivity index (χ0n) is 11.6. The van der Waals surface area contributed by atoms with E-state index in [4.69, 9.17) is 16.3 Å². The summed E-state index contributed by atoms with van der Waals surface area (Å²) in [5.41, 5.74) is 0.414. The fourth-order valence-corrected chi connectivity index (χ4v) is 1.60. The zero-order chi connectivity index (χ0) is 15.0. The molecular formula is C14H19ClN2O3. The number of nitrogens with one attached hydrogen (secondary N) is 2. The highest BCUT2D eigenvalue weighted by Gasteiger charge is 2.14. The molecule has 1 aromatic carbocycles. The van der Waals surface area contributed by atoms with E-state index >= 15 is 0 Å². The van der Waals surface area contributed by atoms with Crippen LogP contribution in [0, 0.1) is 0 Å². The highest BCUT2D eigenvalue weighted by atomic mass is 35.5. The summed E-state index contributed by atoms with van der Waals surface area (Å²) in [6, 6.07) is 6.73. The van der Waals surface area contributed by atoms with Crippen molar-refractivity contribution in [3.05, 3.63) is 29.3 Å². The van der Waals surface area contributed by atoms with Gasteiger partial charge >= 0.3 is 11.8 Å². The molecule has 0 spiro atoms. The van der Waals surface area contributed by atoms with Crippen LogP contribution in [0.5, 0.6) is 0 Å². The number of carbonyl (C=O) groups excluding carboxylic acids is 2. The van der Waals surface area contributed by atoms with Crippen LogP contribution in [0.1, 0.15) is 20.3 Å². The van der Waals surface area contributed by atoms with Gasteiger partial charge in [0.25, 0.3) is 0 Å². The molecule has 20 heavy (non-hydrogen) atoms. The number of anilines is 1. The first-order chi connectivity index (χ1) is 9.50. The summed E-state index contributed by atoms with van der Waals surface area (Å²) in [7, 11) is 0. The van der Waals surface area contributed by atoms with E-state index in [0.717, 1.165) is 0 Å². The number of amides is 2. The summed E-state index contributed by atoms with van der Waals surface area (Å²) in [6.07, 6.45) is 0.817. The monoisotopic (exact) mass is 298 g/mol. The van der Waals surface area contributed by atoms with Gasteiger partial charge in [-0.05, 0) is 32.4 Å². The van der Waals surface area contributed by atoms with Crippen LogP contribution in [-0.4, -0.2) is 31.1 Å². The summed E-state index contributed by atoms with van der Waals surface area (Å²) in [4.78, 5) is 23.2. The Morgan fingerprint density at radius 1 is 1.25 bits per heavy atom. The molecule has 0 aromatic heterocycles. The molecule has 2 amide bonds. The summed E-state index contributed by atoms with van der Waals surface area (Å²) >= 11 is 5.89. The fraction of sp³-hybridized carbons (Fsp3) is 0.429. The van der Waals surface area contributed by atoms with Crippen molar-refractivity contribution in [3.63, 3.8) is 0 Å². The van der Waals surface area contributed by atoms with Gasteiger partial charge in [0.1, 0.15) is 0 Å². The first-order valence-corrected chi connectivity index (χ1v) is 6.84. The van der Waals surface area contributed by atoms with Crippen molar-refractivity contribution >= 4 is 29.1 Å². The molecule has 0 unspecified atom stereocenters. The minimum atomic E-state index is -0.733. The molecule has 5 nitrogen and oxygen atoms in total. The normalized spacial score (nSPS) is 10.4. The SMILES string of the molecule is CC(C)OCCCNC(=O)C(=O)Nc1ccccc1Cl. The topological polar surface area (TPSA) is 67.4 Å². The van der Waals surface area contributed by atoms with Crippen molar-refractivity contribution in [2.24, 2.45) is 0 Å². The zero-order valence-corrected chi connectivity index (χ0v) is 12.4. The number of hydrogen-bond acceptors (Lipinski definition) is 3. The number of benzene rings is 1. The average Bonchev–Trinajstić information content (AvgIpc) is 2.40. The molecule has 0 aliphatic rings. The van der Waals surface area contributed by atoms with Crippen LogP contribution in [0.15, 0.2) is 24.3 Å². The summed E-state index contributed by atoms with van der Waals surface area (Å²) in [5, 5.41) is 5.36. The maximum absolute atomic E-state index is 11.6. The van der Waals surface area contributed by atoms with E-state index in [1.807, 2.05) is 13.8 Å². The molecule has 0 bridgehead atoms. The van der Waals surface area contributed by atoms with Crippen molar-refractivity contribution in [1.82, 2.24) is 5.32 Å². The lowest BCUT2D eigenvalue weighted by molar-refractivity contribution is -0.136. The predicted molar refractivity (Wildman–Crippen MR) is 78.8 cm³/mol. The van der Waals surface area contributed by atoms with Crippen molar-refractivity contribution in [3.8, 4) is 0 Å². The van der Waals surface area contributed by atoms with Crippen LogP contribution in [0.2, 0.25) is 5.02 Å². The Labute approximate surface area is 123 Å². The molecule has 0 saturated carbocycles. The van der Waals surface area contributed by atoms with E-state index in [-0.39, 0.29) is 6.10 Å². The van der Waals surface area contributed by atoms with E-state index in [2.05, 4.69) is 10.6 Å². The predicted octanol–water partition coefficient (Wildman–Crippen LogP) is 2.21. The summed E-state index contributed by atoms with van der Waals surface area (Å²) in [5.74, 6) is -1.42. The van der Waals surface area contributed by atoms with Gasteiger partial charge in [-0.25, -0.2) is 0 Å². The Bertz CT molecular complexity index is 463. The highest BCUT2D eigenvalue weighted by molar-refractivity contribution is 6.41. The molecule has 0 heterocycles. The Balaban J connectivity index is 2.30. The average molecular weight is 299 g/mol. The van der Waals surface area contributed by atoms with Gasteiger partial charge in [0.2, 0.25) is 0 Å². The van der Waals surface area contributed by atoms with Gasteiger partial charge in [0.15, 0.2) is 0 Å². The number of carbonyl (C=O) groups is 2. The summed E-state index contributed by atoms with van der Waals surface area (Å²) in [6.45, 7) is 4.82. The third-order valence-corrected chi connectivity index (χ3v) is 2.72. The quantitative estimate of drug-likeness (QED) is 0.625. The van der Waals surface area contributed by atoms with Crippen molar-refractivity contribution in [1.29, 1.82) is 0 Å². The summed E-state index contributed by atoms with van der Waals surface area (Å²) < 4.78 is 5.33. The van der Waals surface area contributed by atoms with Crippen LogP contribution in [0.4, 0.5) is 5.69 Å². The lowest BCUT2D eigenvalue weighted by Crippen LogP contribution is -2.36. The Kier molecular flexibility index (Phi) is 7.04. The van der Waals surface area contributed by atoms with Crippen LogP contribution >= 0.6 is 11.6 Å². The number of ether oxygens (including phenoxy) is 1. The standard InChI is InChI=1S/C14H19ClN2O3/c1-10(2)20-9-5-8-16-13(18)14(19)17-12-7-4-3-6-11(12)15/h3-4,6-7,10H,5,8-9H2,1-2H3,(H,16,18)(H,17,19). The first-order valence-electron chi connectivity index (χ1n) is 6.46. The minimum absolute atomic E-state index is 0.161. The largest absolute Gasteiger partial charge is 0.379 e. The second-order valence-corrected chi connectivity index (χ2v) is 4.87. The molecule has 6 heteroatoms. The minimum Gasteiger partial charge on any atom is -0.379 e. The third kappa shape index (κ3) is 6.04. The molecule has 1 rings (SSSR count). The number of hydrogen-bond donors (Lipinski definition) is 2. The molecule has 0 fully saturated rings. The molecule has 2 N–H and O–H groups in total. The molecular weight excluding hydrogens is 280 g/mol. The Hall–Kier alpha value is -1.59. The van der Waals surface area contributed by atoms with Gasteiger partial charge in [0.05, 0.1) is 16.8 Å². The van der Waals surface area contributed by atoms with Crippen LogP contribution in [0.25, 0.3) is 0 Å².